The summed E-state index contributed by atoms with van der Waals surface area (Å²) in [6.45, 7) is 7.61. The summed E-state index contributed by atoms with van der Waals surface area (Å²) in [5.41, 5.74) is 1.23. The molecule has 1 aromatic carbocycles. The normalized spacial score (nSPS) is 22.3. The maximum absolute atomic E-state index is 5.63. The molecule has 1 aliphatic rings. The van der Waals surface area contributed by atoms with Crippen LogP contribution in [0.3, 0.4) is 0 Å². The van der Waals surface area contributed by atoms with Crippen molar-refractivity contribution in [1.82, 2.24) is 0 Å². The maximum Gasteiger partial charge on any atom is 0.119 e. The Balaban J connectivity index is 1.83. The van der Waals surface area contributed by atoms with Crippen LogP contribution in [0.5, 0.6) is 5.75 Å². The van der Waals surface area contributed by atoms with Gasteiger partial charge in [0, 0.05) is 11.7 Å². The third-order valence-corrected chi connectivity index (χ3v) is 4.29. The lowest BCUT2D eigenvalue weighted by Gasteiger charge is -2.31. The third kappa shape index (κ3) is 5.61. The van der Waals surface area contributed by atoms with E-state index in [-0.39, 0.29) is 0 Å². The molecule has 1 aromatic rings. The highest BCUT2D eigenvalue weighted by atomic mass is 16.5. The molecule has 0 aliphatic heterocycles. The summed E-state index contributed by atoms with van der Waals surface area (Å²) in [4.78, 5) is 0. The fourth-order valence-corrected chi connectivity index (χ4v) is 3.41. The molecule has 1 saturated carbocycles. The molecule has 0 heterocycles. The molecule has 2 rings (SSSR count). The molecule has 0 spiro atoms. The summed E-state index contributed by atoms with van der Waals surface area (Å²) in [6.07, 6.45) is 7.85. The molecule has 2 nitrogen and oxygen atoms in total. The number of rotatable bonds is 7. The molecule has 1 N–H and O–H groups in total. The Hall–Kier alpha value is -1.18. The Morgan fingerprint density at radius 1 is 1.19 bits per heavy atom. The minimum absolute atomic E-state index is 0.643. The number of nitrogens with one attached hydrogen (secondary N) is 1. The van der Waals surface area contributed by atoms with Crippen LogP contribution in [-0.4, -0.2) is 12.6 Å². The Bertz CT molecular complexity index is 399. The molecular weight excluding hydrogens is 258 g/mol. The van der Waals surface area contributed by atoms with Crippen LogP contribution in [0.1, 0.15) is 59.3 Å². The minimum atomic E-state index is 0.643. The van der Waals surface area contributed by atoms with E-state index in [0.717, 1.165) is 30.6 Å². The van der Waals surface area contributed by atoms with Crippen molar-refractivity contribution >= 4 is 5.69 Å². The highest BCUT2D eigenvalue weighted by Crippen LogP contribution is 2.31. The summed E-state index contributed by atoms with van der Waals surface area (Å²) >= 11 is 0. The summed E-state index contributed by atoms with van der Waals surface area (Å²) in [6, 6.07) is 9.09. The second kappa shape index (κ2) is 8.31. The van der Waals surface area contributed by atoms with Gasteiger partial charge in [-0.25, -0.2) is 0 Å². The van der Waals surface area contributed by atoms with Crippen LogP contribution in [0.4, 0.5) is 5.69 Å². The van der Waals surface area contributed by atoms with Crippen molar-refractivity contribution in [3.05, 3.63) is 24.3 Å². The number of hydrogen-bond donors (Lipinski definition) is 1. The quantitative estimate of drug-likeness (QED) is 0.716. The molecule has 1 fully saturated rings. The van der Waals surface area contributed by atoms with E-state index in [4.69, 9.17) is 4.74 Å². The highest BCUT2D eigenvalue weighted by Gasteiger charge is 2.22. The first-order valence-corrected chi connectivity index (χ1v) is 8.66. The van der Waals surface area contributed by atoms with E-state index in [2.05, 4.69) is 50.4 Å². The lowest BCUT2D eigenvalue weighted by molar-refractivity contribution is 0.289. The second-order valence-electron chi connectivity index (χ2n) is 6.88. The third-order valence-electron chi connectivity index (χ3n) is 4.29. The van der Waals surface area contributed by atoms with Crippen LogP contribution >= 0.6 is 0 Å². The first-order chi connectivity index (χ1) is 10.2. The fourth-order valence-electron chi connectivity index (χ4n) is 3.41. The summed E-state index contributed by atoms with van der Waals surface area (Å²) < 4.78 is 5.63. The van der Waals surface area contributed by atoms with Crippen molar-refractivity contribution in [3.63, 3.8) is 0 Å². The summed E-state index contributed by atoms with van der Waals surface area (Å²) in [5, 5.41) is 3.71. The smallest absolute Gasteiger partial charge is 0.119 e. The van der Waals surface area contributed by atoms with Gasteiger partial charge in [0.15, 0.2) is 0 Å². The van der Waals surface area contributed by atoms with E-state index in [1.807, 2.05) is 0 Å². The van der Waals surface area contributed by atoms with E-state index in [0.29, 0.717) is 6.04 Å². The summed E-state index contributed by atoms with van der Waals surface area (Å²) in [7, 11) is 0. The molecule has 0 aromatic heterocycles. The van der Waals surface area contributed by atoms with Crippen LogP contribution in [0, 0.1) is 11.8 Å². The molecule has 0 radical (unpaired) electrons. The predicted octanol–water partition coefficient (Wildman–Crippen LogP) is 5.49. The molecule has 2 heteroatoms. The molecule has 2 atom stereocenters. The number of anilines is 1. The molecule has 1 aliphatic carbocycles. The zero-order valence-corrected chi connectivity index (χ0v) is 13.9. The number of ether oxygens (including phenoxy) is 1. The number of benzene rings is 1. The van der Waals surface area contributed by atoms with Crippen LogP contribution in [0.2, 0.25) is 0 Å². The van der Waals surface area contributed by atoms with Crippen LogP contribution in [-0.2, 0) is 0 Å². The van der Waals surface area contributed by atoms with Crippen molar-refractivity contribution in [2.24, 2.45) is 11.8 Å². The average molecular weight is 289 g/mol. The van der Waals surface area contributed by atoms with Gasteiger partial charge < -0.3 is 10.1 Å². The van der Waals surface area contributed by atoms with Gasteiger partial charge in [0.2, 0.25) is 0 Å². The van der Waals surface area contributed by atoms with E-state index < -0.39 is 0 Å². The van der Waals surface area contributed by atoms with Gasteiger partial charge in [-0.3, -0.25) is 0 Å². The Labute approximate surface area is 130 Å². The zero-order chi connectivity index (χ0) is 15.1. The SMILES string of the molecule is CCCOc1ccc(NC2CCCC(CC(C)C)C2)cc1. The largest absolute Gasteiger partial charge is 0.494 e. The van der Waals surface area contributed by atoms with E-state index in [1.54, 1.807) is 0 Å². The van der Waals surface area contributed by atoms with E-state index >= 15 is 0 Å². The first-order valence-electron chi connectivity index (χ1n) is 8.66. The lowest BCUT2D eigenvalue weighted by Crippen LogP contribution is -2.27. The molecule has 21 heavy (non-hydrogen) atoms. The molecule has 118 valence electrons. The van der Waals surface area contributed by atoms with Crippen molar-refractivity contribution < 1.29 is 4.74 Å². The monoisotopic (exact) mass is 289 g/mol. The van der Waals surface area contributed by atoms with Crippen molar-refractivity contribution in [1.29, 1.82) is 0 Å². The van der Waals surface area contributed by atoms with Crippen LogP contribution in [0.25, 0.3) is 0 Å². The second-order valence-corrected chi connectivity index (χ2v) is 6.88. The van der Waals surface area contributed by atoms with Crippen LogP contribution < -0.4 is 10.1 Å². The van der Waals surface area contributed by atoms with E-state index in [9.17, 15) is 0 Å². The highest BCUT2D eigenvalue weighted by molar-refractivity contribution is 5.47. The standard InChI is InChI=1S/C19H31NO/c1-4-12-21-19-10-8-17(9-11-19)20-18-7-5-6-16(14-18)13-15(2)3/h8-11,15-16,18,20H,4-7,12-14H2,1-3H3. The Kier molecular flexibility index (Phi) is 6.41. The topological polar surface area (TPSA) is 21.3 Å². The number of hydrogen-bond acceptors (Lipinski definition) is 2. The fraction of sp³-hybridized carbons (Fsp3) is 0.684. The van der Waals surface area contributed by atoms with Gasteiger partial charge in [-0.05, 0) is 61.8 Å². The van der Waals surface area contributed by atoms with Gasteiger partial charge in [0.05, 0.1) is 6.61 Å². The summed E-state index contributed by atoms with van der Waals surface area (Å²) in [5.74, 6) is 2.70. The van der Waals surface area contributed by atoms with Gasteiger partial charge in [0.1, 0.15) is 5.75 Å². The maximum atomic E-state index is 5.63. The predicted molar refractivity (Wildman–Crippen MR) is 91.1 cm³/mol. The Morgan fingerprint density at radius 2 is 1.95 bits per heavy atom. The molecule has 0 amide bonds. The zero-order valence-electron chi connectivity index (χ0n) is 13.9. The first kappa shape index (κ1) is 16.2. The van der Waals surface area contributed by atoms with Crippen molar-refractivity contribution in [2.75, 3.05) is 11.9 Å². The molecule has 2 unspecified atom stereocenters. The van der Waals surface area contributed by atoms with Gasteiger partial charge in [0.25, 0.3) is 0 Å². The van der Waals surface area contributed by atoms with Gasteiger partial charge in [-0.15, -0.1) is 0 Å². The van der Waals surface area contributed by atoms with Crippen molar-refractivity contribution in [2.45, 2.75) is 65.3 Å². The van der Waals surface area contributed by atoms with Gasteiger partial charge in [-0.1, -0.05) is 33.6 Å². The van der Waals surface area contributed by atoms with Crippen molar-refractivity contribution in [3.8, 4) is 5.75 Å². The van der Waals surface area contributed by atoms with Gasteiger partial charge >= 0.3 is 0 Å². The molecular formula is C19H31NO. The van der Waals surface area contributed by atoms with Gasteiger partial charge in [-0.2, -0.15) is 0 Å². The Morgan fingerprint density at radius 3 is 2.62 bits per heavy atom. The lowest BCUT2D eigenvalue weighted by atomic mass is 9.81. The minimum Gasteiger partial charge on any atom is -0.494 e. The molecule has 0 bridgehead atoms. The molecule has 0 saturated heterocycles. The van der Waals surface area contributed by atoms with Crippen LogP contribution in [0.15, 0.2) is 24.3 Å². The average Bonchev–Trinajstić information content (AvgIpc) is 2.46. The van der Waals surface area contributed by atoms with E-state index in [1.165, 1.54) is 37.8 Å².